The standard InChI is InChI=1S/C16H15NO/c1-11-6-2-3-7-12(11)10-15-13-8-4-5-9-14(13)16(18)17-15/h2-9,15H,10H2,1H3,(H,17,18). The molecule has 1 aliphatic heterocycles. The molecular weight excluding hydrogens is 222 g/mol. The van der Waals surface area contributed by atoms with Gasteiger partial charge in [0.15, 0.2) is 0 Å². The molecule has 0 radical (unpaired) electrons. The van der Waals surface area contributed by atoms with Gasteiger partial charge in [0.05, 0.1) is 6.04 Å². The highest BCUT2D eigenvalue weighted by molar-refractivity contribution is 5.99. The van der Waals surface area contributed by atoms with Crippen molar-refractivity contribution in [3.05, 3.63) is 70.8 Å². The molecule has 18 heavy (non-hydrogen) atoms. The molecular formula is C16H15NO. The van der Waals surface area contributed by atoms with Crippen molar-refractivity contribution in [2.24, 2.45) is 0 Å². The van der Waals surface area contributed by atoms with Crippen LogP contribution in [-0.2, 0) is 6.42 Å². The quantitative estimate of drug-likeness (QED) is 0.854. The number of fused-ring (bicyclic) bond motifs is 1. The Kier molecular flexibility index (Phi) is 2.63. The minimum absolute atomic E-state index is 0.0455. The monoisotopic (exact) mass is 237 g/mol. The van der Waals surface area contributed by atoms with Crippen molar-refractivity contribution in [1.29, 1.82) is 0 Å². The maximum absolute atomic E-state index is 11.8. The number of nitrogens with one attached hydrogen (secondary N) is 1. The molecule has 3 rings (SSSR count). The van der Waals surface area contributed by atoms with E-state index in [0.717, 1.165) is 17.5 Å². The Morgan fingerprint density at radius 1 is 1.06 bits per heavy atom. The predicted molar refractivity (Wildman–Crippen MR) is 71.5 cm³/mol. The molecule has 0 aromatic heterocycles. The zero-order valence-electron chi connectivity index (χ0n) is 10.3. The molecule has 0 bridgehead atoms. The van der Waals surface area contributed by atoms with Crippen LogP contribution >= 0.6 is 0 Å². The molecule has 0 saturated carbocycles. The molecule has 1 amide bonds. The van der Waals surface area contributed by atoms with Gasteiger partial charge < -0.3 is 5.32 Å². The van der Waals surface area contributed by atoms with Gasteiger partial charge in [-0.25, -0.2) is 0 Å². The van der Waals surface area contributed by atoms with Gasteiger partial charge in [-0.15, -0.1) is 0 Å². The van der Waals surface area contributed by atoms with Crippen LogP contribution in [0.25, 0.3) is 0 Å². The Morgan fingerprint density at radius 2 is 1.78 bits per heavy atom. The highest BCUT2D eigenvalue weighted by atomic mass is 16.2. The van der Waals surface area contributed by atoms with Crippen LogP contribution in [0.15, 0.2) is 48.5 Å². The molecule has 1 atom stereocenters. The number of carbonyl (C=O) groups excluding carboxylic acids is 1. The SMILES string of the molecule is Cc1ccccc1CC1NC(=O)c2ccccc21. The van der Waals surface area contributed by atoms with Crippen molar-refractivity contribution >= 4 is 5.91 Å². The van der Waals surface area contributed by atoms with Gasteiger partial charge in [0.1, 0.15) is 0 Å². The Bertz CT molecular complexity index is 604. The lowest BCUT2D eigenvalue weighted by atomic mass is 9.96. The summed E-state index contributed by atoms with van der Waals surface area (Å²) in [4.78, 5) is 11.8. The number of aryl methyl sites for hydroxylation is 1. The highest BCUT2D eigenvalue weighted by Crippen LogP contribution is 2.28. The molecule has 2 heteroatoms. The van der Waals surface area contributed by atoms with Gasteiger partial charge in [-0.3, -0.25) is 4.79 Å². The van der Waals surface area contributed by atoms with E-state index >= 15 is 0 Å². The van der Waals surface area contributed by atoms with Crippen LogP contribution in [-0.4, -0.2) is 5.91 Å². The summed E-state index contributed by atoms with van der Waals surface area (Å²) in [5.74, 6) is 0.0455. The Balaban J connectivity index is 1.92. The third kappa shape index (κ3) is 1.80. The van der Waals surface area contributed by atoms with E-state index in [0.29, 0.717) is 0 Å². The third-order valence-electron chi connectivity index (χ3n) is 3.57. The molecule has 2 aromatic rings. The second-order valence-electron chi connectivity index (χ2n) is 4.74. The minimum Gasteiger partial charge on any atom is -0.345 e. The first-order valence-corrected chi connectivity index (χ1v) is 6.20. The average Bonchev–Trinajstić information content (AvgIpc) is 2.70. The van der Waals surface area contributed by atoms with Crippen molar-refractivity contribution in [3.8, 4) is 0 Å². The molecule has 1 unspecified atom stereocenters. The largest absolute Gasteiger partial charge is 0.345 e. The fourth-order valence-corrected chi connectivity index (χ4v) is 2.54. The van der Waals surface area contributed by atoms with Crippen molar-refractivity contribution < 1.29 is 4.79 Å². The fraction of sp³-hybridized carbons (Fsp3) is 0.188. The van der Waals surface area contributed by atoms with Crippen molar-refractivity contribution in [3.63, 3.8) is 0 Å². The number of carbonyl (C=O) groups is 1. The van der Waals surface area contributed by atoms with Crippen molar-refractivity contribution in [1.82, 2.24) is 5.32 Å². The molecule has 0 spiro atoms. The zero-order chi connectivity index (χ0) is 12.5. The molecule has 0 fully saturated rings. The van der Waals surface area contributed by atoms with Crippen LogP contribution in [0.5, 0.6) is 0 Å². The summed E-state index contributed by atoms with van der Waals surface area (Å²) in [6.45, 7) is 2.11. The van der Waals surface area contributed by atoms with Gasteiger partial charge in [-0.05, 0) is 36.1 Å². The Labute approximate surface area is 107 Å². The van der Waals surface area contributed by atoms with E-state index in [4.69, 9.17) is 0 Å². The summed E-state index contributed by atoms with van der Waals surface area (Å²) < 4.78 is 0. The maximum atomic E-state index is 11.8. The van der Waals surface area contributed by atoms with Crippen molar-refractivity contribution in [2.75, 3.05) is 0 Å². The van der Waals surface area contributed by atoms with Crippen LogP contribution in [0.2, 0.25) is 0 Å². The van der Waals surface area contributed by atoms with Gasteiger partial charge in [0.2, 0.25) is 0 Å². The number of hydrogen-bond acceptors (Lipinski definition) is 1. The topological polar surface area (TPSA) is 29.1 Å². The van der Waals surface area contributed by atoms with E-state index in [9.17, 15) is 4.79 Å². The Morgan fingerprint density at radius 3 is 2.61 bits per heavy atom. The highest BCUT2D eigenvalue weighted by Gasteiger charge is 2.27. The van der Waals surface area contributed by atoms with Crippen LogP contribution in [0.1, 0.15) is 33.1 Å². The summed E-state index contributed by atoms with van der Waals surface area (Å²) in [7, 11) is 0. The van der Waals surface area contributed by atoms with E-state index in [1.54, 1.807) is 0 Å². The van der Waals surface area contributed by atoms with Crippen molar-refractivity contribution in [2.45, 2.75) is 19.4 Å². The summed E-state index contributed by atoms with van der Waals surface area (Å²) in [5.41, 5.74) is 4.50. The number of amides is 1. The average molecular weight is 237 g/mol. The molecule has 0 saturated heterocycles. The molecule has 0 aliphatic carbocycles. The smallest absolute Gasteiger partial charge is 0.252 e. The first-order chi connectivity index (χ1) is 8.75. The molecule has 1 heterocycles. The van der Waals surface area contributed by atoms with Crippen LogP contribution in [0.3, 0.4) is 0 Å². The van der Waals surface area contributed by atoms with Crippen LogP contribution < -0.4 is 5.32 Å². The second kappa shape index (κ2) is 4.30. The van der Waals surface area contributed by atoms with Crippen LogP contribution in [0, 0.1) is 6.92 Å². The third-order valence-corrected chi connectivity index (χ3v) is 3.57. The molecule has 2 nitrogen and oxygen atoms in total. The van der Waals surface area contributed by atoms with Gasteiger partial charge in [0, 0.05) is 5.56 Å². The Hall–Kier alpha value is -2.09. The number of benzene rings is 2. The fourth-order valence-electron chi connectivity index (χ4n) is 2.54. The summed E-state index contributed by atoms with van der Waals surface area (Å²) in [6, 6.07) is 16.3. The second-order valence-corrected chi connectivity index (χ2v) is 4.74. The zero-order valence-corrected chi connectivity index (χ0v) is 10.3. The van der Waals surface area contributed by atoms with E-state index in [-0.39, 0.29) is 11.9 Å². The maximum Gasteiger partial charge on any atom is 0.252 e. The summed E-state index contributed by atoms with van der Waals surface area (Å²) >= 11 is 0. The van der Waals surface area contributed by atoms with E-state index < -0.39 is 0 Å². The van der Waals surface area contributed by atoms with Gasteiger partial charge in [-0.2, -0.15) is 0 Å². The number of rotatable bonds is 2. The minimum atomic E-state index is 0.0455. The number of hydrogen-bond donors (Lipinski definition) is 1. The lowest BCUT2D eigenvalue weighted by Gasteiger charge is -2.13. The van der Waals surface area contributed by atoms with E-state index in [1.807, 2.05) is 36.4 Å². The lowest BCUT2D eigenvalue weighted by Crippen LogP contribution is -2.20. The predicted octanol–water partition coefficient (Wildman–Crippen LogP) is 3.02. The lowest BCUT2D eigenvalue weighted by molar-refractivity contribution is 0.0956. The van der Waals surface area contributed by atoms with E-state index in [2.05, 4.69) is 24.4 Å². The molecule has 90 valence electrons. The summed E-state index contributed by atoms with van der Waals surface area (Å²) in [5, 5.41) is 3.06. The summed E-state index contributed by atoms with van der Waals surface area (Å²) in [6.07, 6.45) is 0.857. The van der Waals surface area contributed by atoms with E-state index in [1.165, 1.54) is 11.1 Å². The van der Waals surface area contributed by atoms with Gasteiger partial charge in [0.25, 0.3) is 5.91 Å². The first kappa shape index (κ1) is 11.0. The van der Waals surface area contributed by atoms with Crippen LogP contribution in [0.4, 0.5) is 0 Å². The molecule has 2 aromatic carbocycles. The van der Waals surface area contributed by atoms with Gasteiger partial charge in [-0.1, -0.05) is 42.5 Å². The molecule has 1 aliphatic rings. The normalized spacial score (nSPS) is 17.4. The first-order valence-electron chi connectivity index (χ1n) is 6.20. The molecule has 1 N–H and O–H groups in total. The van der Waals surface area contributed by atoms with Gasteiger partial charge >= 0.3 is 0 Å².